The highest BCUT2D eigenvalue weighted by Crippen LogP contribution is 2.32. The first-order chi connectivity index (χ1) is 16.7. The molecule has 34 heavy (non-hydrogen) atoms. The van der Waals surface area contributed by atoms with Gasteiger partial charge in [0, 0.05) is 28.2 Å². The Labute approximate surface area is 195 Å². The Morgan fingerprint density at radius 2 is 1.47 bits per heavy atom. The Bertz CT molecular complexity index is 1420. The first-order valence-electron chi connectivity index (χ1n) is 10.5. The van der Waals surface area contributed by atoms with Gasteiger partial charge in [-0.05, 0) is 36.4 Å². The molecule has 0 spiro atoms. The Hall–Kier alpha value is -4.47. The molecule has 0 saturated carbocycles. The Kier molecular flexibility index (Phi) is 6.02. The maximum Gasteiger partial charge on any atom is 0.707 e. The van der Waals surface area contributed by atoms with Crippen LogP contribution in [0.1, 0.15) is 0 Å². The Balaban J connectivity index is 1.39. The van der Waals surface area contributed by atoms with Gasteiger partial charge in [-0.3, -0.25) is 0 Å². The zero-order chi connectivity index (χ0) is 23.3. The Morgan fingerprint density at radius 1 is 0.735 bits per heavy atom. The predicted octanol–water partition coefficient (Wildman–Crippen LogP) is 4.58. The van der Waals surface area contributed by atoms with Crippen LogP contribution in [0.2, 0.25) is 0 Å². The molecule has 8 nitrogen and oxygen atoms in total. The molecule has 9 heteroatoms. The van der Waals surface area contributed by atoms with E-state index in [1.54, 1.807) is 18.2 Å². The molecule has 0 atom stereocenters. The van der Waals surface area contributed by atoms with Crippen molar-refractivity contribution in [2.75, 3.05) is 5.32 Å². The van der Waals surface area contributed by atoms with Gasteiger partial charge in [0.2, 0.25) is 0 Å². The number of fused-ring (bicyclic) bond motifs is 1. The summed E-state index contributed by atoms with van der Waals surface area (Å²) < 4.78 is 10.6. The van der Waals surface area contributed by atoms with Crippen molar-refractivity contribution in [2.24, 2.45) is 0 Å². The van der Waals surface area contributed by atoms with E-state index in [1.807, 2.05) is 66.7 Å². The quantitative estimate of drug-likeness (QED) is 0.309. The van der Waals surface area contributed by atoms with Gasteiger partial charge in [-0.25, -0.2) is 4.98 Å². The summed E-state index contributed by atoms with van der Waals surface area (Å²) in [5.74, 6) is 1.36. The highest BCUT2D eigenvalue weighted by molar-refractivity contribution is 6.33. The summed E-state index contributed by atoms with van der Waals surface area (Å²) in [5, 5.41) is 32.3. The van der Waals surface area contributed by atoms with Crippen LogP contribution >= 0.6 is 0 Å². The third kappa shape index (κ3) is 4.66. The number of aromatic nitrogens is 3. The van der Waals surface area contributed by atoms with Gasteiger partial charge in [0.1, 0.15) is 11.4 Å². The predicted molar refractivity (Wildman–Crippen MR) is 130 cm³/mol. The van der Waals surface area contributed by atoms with E-state index in [2.05, 4.69) is 20.5 Å². The molecule has 0 bridgehead atoms. The summed E-state index contributed by atoms with van der Waals surface area (Å²) in [6.07, 6.45) is 1.52. The van der Waals surface area contributed by atoms with Crippen LogP contribution in [0.4, 0.5) is 11.5 Å². The molecule has 0 aliphatic rings. The normalized spacial score (nSPS) is 10.6. The fraction of sp³-hybridized carbons (Fsp3) is 0. The molecule has 0 saturated heterocycles. The SMILES string of the molecule is OB(O)Oc1cccnc1Oc1ccc(Nc2nnc(-c3ccccc3)c3ccccc23)cc1. The van der Waals surface area contributed by atoms with Gasteiger partial charge in [-0.2, -0.15) is 0 Å². The number of anilines is 2. The van der Waals surface area contributed by atoms with Crippen molar-refractivity contribution in [2.45, 2.75) is 0 Å². The van der Waals surface area contributed by atoms with Crippen LogP contribution in [0.5, 0.6) is 17.4 Å². The molecule has 0 radical (unpaired) electrons. The molecule has 2 heterocycles. The molecule has 0 aliphatic carbocycles. The molecule has 0 amide bonds. The molecule has 3 aromatic carbocycles. The number of ether oxygens (including phenoxy) is 1. The maximum atomic E-state index is 9.06. The van der Waals surface area contributed by atoms with Crippen molar-refractivity contribution in [3.8, 4) is 28.6 Å². The van der Waals surface area contributed by atoms with Crippen LogP contribution in [0.15, 0.2) is 97.2 Å². The molecule has 0 unspecified atom stereocenters. The number of nitrogens with zero attached hydrogens (tertiary/aromatic N) is 3. The van der Waals surface area contributed by atoms with Gasteiger partial charge >= 0.3 is 7.32 Å². The maximum absolute atomic E-state index is 9.06. The molecule has 5 aromatic rings. The fourth-order valence-corrected chi connectivity index (χ4v) is 3.52. The first-order valence-corrected chi connectivity index (χ1v) is 10.5. The van der Waals surface area contributed by atoms with E-state index >= 15 is 0 Å². The van der Waals surface area contributed by atoms with E-state index in [4.69, 9.17) is 19.4 Å². The lowest BCUT2D eigenvalue weighted by molar-refractivity contribution is 0.280. The summed E-state index contributed by atoms with van der Waals surface area (Å²) in [6.45, 7) is 0. The average Bonchev–Trinajstić information content (AvgIpc) is 2.87. The van der Waals surface area contributed by atoms with Gasteiger partial charge in [0.25, 0.3) is 5.88 Å². The molecule has 0 aliphatic heterocycles. The van der Waals surface area contributed by atoms with Crippen LogP contribution < -0.4 is 14.7 Å². The fourth-order valence-electron chi connectivity index (χ4n) is 3.52. The van der Waals surface area contributed by atoms with Crippen molar-refractivity contribution in [1.82, 2.24) is 15.2 Å². The second-order valence-corrected chi connectivity index (χ2v) is 7.31. The number of hydrogen-bond donors (Lipinski definition) is 3. The standard InChI is InChI=1S/C25H19BN4O4/c31-26(32)34-22-11-6-16-27-25(22)33-19-14-12-18(13-15-19)28-24-21-10-5-4-9-20(21)23(29-30-24)17-7-2-1-3-8-17/h1-16,31-32H,(H,28,30). The summed E-state index contributed by atoms with van der Waals surface area (Å²) in [4.78, 5) is 4.08. The molecule has 5 rings (SSSR count). The topological polar surface area (TPSA) is 110 Å². The van der Waals surface area contributed by atoms with E-state index in [0.717, 1.165) is 27.7 Å². The van der Waals surface area contributed by atoms with Crippen LogP contribution in [0, 0.1) is 0 Å². The van der Waals surface area contributed by atoms with Gasteiger partial charge in [0.05, 0.1) is 0 Å². The van der Waals surface area contributed by atoms with Gasteiger partial charge in [-0.1, -0.05) is 54.6 Å². The van der Waals surface area contributed by atoms with E-state index in [0.29, 0.717) is 11.6 Å². The zero-order valence-electron chi connectivity index (χ0n) is 17.9. The minimum absolute atomic E-state index is 0.111. The van der Waals surface area contributed by atoms with Crippen LogP contribution in [-0.4, -0.2) is 32.6 Å². The molecule has 166 valence electrons. The average molecular weight is 450 g/mol. The molecular formula is C25H19BN4O4. The molecule has 3 N–H and O–H groups in total. The summed E-state index contributed by atoms with van der Waals surface area (Å²) in [6, 6.07) is 28.3. The minimum atomic E-state index is -1.97. The smallest absolute Gasteiger partial charge is 0.508 e. The molecule has 0 fully saturated rings. The lowest BCUT2D eigenvalue weighted by Gasteiger charge is -2.13. The summed E-state index contributed by atoms with van der Waals surface area (Å²) in [5.41, 5.74) is 2.63. The minimum Gasteiger partial charge on any atom is -0.508 e. The van der Waals surface area contributed by atoms with Crippen LogP contribution in [0.3, 0.4) is 0 Å². The summed E-state index contributed by atoms with van der Waals surface area (Å²) in [7, 11) is -1.97. The number of nitrogens with one attached hydrogen (secondary N) is 1. The highest BCUT2D eigenvalue weighted by Gasteiger charge is 2.16. The third-order valence-electron chi connectivity index (χ3n) is 5.03. The number of rotatable bonds is 7. The number of benzene rings is 3. The highest BCUT2D eigenvalue weighted by atomic mass is 16.6. The van der Waals surface area contributed by atoms with E-state index in [-0.39, 0.29) is 11.6 Å². The lowest BCUT2D eigenvalue weighted by Crippen LogP contribution is -2.21. The van der Waals surface area contributed by atoms with Crippen molar-refractivity contribution in [3.63, 3.8) is 0 Å². The van der Waals surface area contributed by atoms with Crippen LogP contribution in [-0.2, 0) is 0 Å². The third-order valence-corrected chi connectivity index (χ3v) is 5.03. The van der Waals surface area contributed by atoms with Crippen molar-refractivity contribution < 1.29 is 19.4 Å². The number of hydrogen-bond acceptors (Lipinski definition) is 8. The van der Waals surface area contributed by atoms with Gasteiger partial charge in [0.15, 0.2) is 11.6 Å². The van der Waals surface area contributed by atoms with E-state index < -0.39 is 7.32 Å². The first kappa shape index (κ1) is 21.4. The lowest BCUT2D eigenvalue weighted by atomic mass is 10.0. The van der Waals surface area contributed by atoms with Gasteiger partial charge < -0.3 is 24.8 Å². The van der Waals surface area contributed by atoms with Crippen molar-refractivity contribution in [3.05, 3.63) is 97.2 Å². The van der Waals surface area contributed by atoms with Gasteiger partial charge in [-0.15, -0.1) is 10.2 Å². The largest absolute Gasteiger partial charge is 0.707 e. The van der Waals surface area contributed by atoms with Crippen molar-refractivity contribution >= 4 is 29.6 Å². The molecular weight excluding hydrogens is 431 g/mol. The van der Waals surface area contributed by atoms with E-state index in [1.165, 1.54) is 12.3 Å². The monoisotopic (exact) mass is 450 g/mol. The summed E-state index contributed by atoms with van der Waals surface area (Å²) >= 11 is 0. The zero-order valence-corrected chi connectivity index (χ0v) is 17.9. The molecule has 2 aromatic heterocycles. The van der Waals surface area contributed by atoms with Crippen LogP contribution in [0.25, 0.3) is 22.0 Å². The Morgan fingerprint density at radius 3 is 2.24 bits per heavy atom. The van der Waals surface area contributed by atoms with Crippen molar-refractivity contribution in [1.29, 1.82) is 0 Å². The second-order valence-electron chi connectivity index (χ2n) is 7.31. The second kappa shape index (κ2) is 9.57. The van der Waals surface area contributed by atoms with E-state index in [9.17, 15) is 0 Å². The number of pyridine rings is 1.